The van der Waals surface area contributed by atoms with Crippen LogP contribution in [0.15, 0.2) is 30.6 Å². The number of nitrogens with zero attached hydrogens (tertiary/aromatic N) is 2. The lowest BCUT2D eigenvalue weighted by Gasteiger charge is -2.02. The Kier molecular flexibility index (Phi) is 4.63. The Bertz CT molecular complexity index is 537. The summed E-state index contributed by atoms with van der Waals surface area (Å²) >= 11 is 0. The standard InChI is InChI=1S/C14H17F2N3/c1-2-5-17-7-12-8-18-19(10-12)9-11-3-4-13(15)14(16)6-11/h3-4,6,8,10,17H,2,5,7,9H2,1H3. The van der Waals surface area contributed by atoms with Gasteiger partial charge in [0, 0.05) is 18.3 Å². The van der Waals surface area contributed by atoms with Crippen LogP contribution >= 0.6 is 0 Å². The Morgan fingerprint density at radius 2 is 2.05 bits per heavy atom. The minimum Gasteiger partial charge on any atom is -0.313 e. The lowest BCUT2D eigenvalue weighted by molar-refractivity contribution is 0.506. The first-order chi connectivity index (χ1) is 9.19. The van der Waals surface area contributed by atoms with Gasteiger partial charge in [-0.25, -0.2) is 8.78 Å². The van der Waals surface area contributed by atoms with Crippen LogP contribution in [0.3, 0.4) is 0 Å². The number of hydrogen-bond acceptors (Lipinski definition) is 2. The number of hydrogen-bond donors (Lipinski definition) is 1. The molecule has 0 aliphatic heterocycles. The molecule has 1 N–H and O–H groups in total. The third-order valence-corrected chi connectivity index (χ3v) is 2.77. The van der Waals surface area contributed by atoms with Crippen LogP contribution in [-0.2, 0) is 13.1 Å². The Labute approximate surface area is 111 Å². The van der Waals surface area contributed by atoms with Gasteiger partial charge < -0.3 is 5.32 Å². The molecule has 0 bridgehead atoms. The van der Waals surface area contributed by atoms with Gasteiger partial charge in [0.1, 0.15) is 0 Å². The van der Waals surface area contributed by atoms with Crippen molar-refractivity contribution in [3.05, 3.63) is 53.4 Å². The van der Waals surface area contributed by atoms with Crippen molar-refractivity contribution in [2.24, 2.45) is 0 Å². The molecule has 1 aromatic heterocycles. The number of halogens is 2. The van der Waals surface area contributed by atoms with Gasteiger partial charge in [0.25, 0.3) is 0 Å². The smallest absolute Gasteiger partial charge is 0.159 e. The van der Waals surface area contributed by atoms with Crippen molar-refractivity contribution < 1.29 is 8.78 Å². The van der Waals surface area contributed by atoms with Gasteiger partial charge in [-0.2, -0.15) is 5.10 Å². The molecule has 0 radical (unpaired) electrons. The van der Waals surface area contributed by atoms with Crippen molar-refractivity contribution in [3.63, 3.8) is 0 Å². The lowest BCUT2D eigenvalue weighted by atomic mass is 10.2. The van der Waals surface area contributed by atoms with E-state index in [-0.39, 0.29) is 0 Å². The summed E-state index contributed by atoms with van der Waals surface area (Å²) in [7, 11) is 0. The molecule has 0 aliphatic rings. The number of aromatic nitrogens is 2. The first-order valence-corrected chi connectivity index (χ1v) is 6.35. The minimum atomic E-state index is -0.825. The summed E-state index contributed by atoms with van der Waals surface area (Å²) in [6.07, 6.45) is 4.77. The average molecular weight is 265 g/mol. The van der Waals surface area contributed by atoms with Crippen molar-refractivity contribution in [2.75, 3.05) is 6.54 Å². The van der Waals surface area contributed by atoms with Gasteiger partial charge in [-0.15, -0.1) is 0 Å². The van der Waals surface area contributed by atoms with Crippen LogP contribution in [0.2, 0.25) is 0 Å². The molecule has 2 aromatic rings. The maximum atomic E-state index is 13.1. The highest BCUT2D eigenvalue weighted by molar-refractivity contribution is 5.18. The van der Waals surface area contributed by atoms with E-state index in [1.807, 2.05) is 6.20 Å². The van der Waals surface area contributed by atoms with E-state index in [0.29, 0.717) is 12.1 Å². The van der Waals surface area contributed by atoms with Crippen molar-refractivity contribution in [1.82, 2.24) is 15.1 Å². The van der Waals surface area contributed by atoms with Crippen LogP contribution in [0, 0.1) is 11.6 Å². The molecule has 5 heteroatoms. The Morgan fingerprint density at radius 1 is 1.21 bits per heavy atom. The highest BCUT2D eigenvalue weighted by atomic mass is 19.2. The summed E-state index contributed by atoms with van der Waals surface area (Å²) in [5.41, 5.74) is 1.77. The summed E-state index contributed by atoms with van der Waals surface area (Å²) in [4.78, 5) is 0. The molecule has 1 heterocycles. The summed E-state index contributed by atoms with van der Waals surface area (Å²) < 4.78 is 27.6. The van der Waals surface area contributed by atoms with E-state index in [1.54, 1.807) is 16.9 Å². The molecule has 2 rings (SSSR count). The van der Waals surface area contributed by atoms with E-state index in [9.17, 15) is 8.78 Å². The highest BCUT2D eigenvalue weighted by Crippen LogP contribution is 2.10. The maximum absolute atomic E-state index is 13.1. The Morgan fingerprint density at radius 3 is 2.79 bits per heavy atom. The molecule has 102 valence electrons. The monoisotopic (exact) mass is 265 g/mol. The molecule has 0 saturated heterocycles. The van der Waals surface area contributed by atoms with E-state index < -0.39 is 11.6 Å². The highest BCUT2D eigenvalue weighted by Gasteiger charge is 2.04. The fraction of sp³-hybridized carbons (Fsp3) is 0.357. The topological polar surface area (TPSA) is 29.9 Å². The first kappa shape index (κ1) is 13.7. The zero-order valence-electron chi connectivity index (χ0n) is 10.9. The molecule has 0 saturated carbocycles. The van der Waals surface area contributed by atoms with Crippen LogP contribution in [0.5, 0.6) is 0 Å². The molecule has 19 heavy (non-hydrogen) atoms. The summed E-state index contributed by atoms with van der Waals surface area (Å²) in [5.74, 6) is -1.65. The molecule has 0 fully saturated rings. The second-order valence-electron chi connectivity index (χ2n) is 4.47. The van der Waals surface area contributed by atoms with Crippen molar-refractivity contribution in [2.45, 2.75) is 26.4 Å². The van der Waals surface area contributed by atoms with Crippen LogP contribution in [0.25, 0.3) is 0 Å². The summed E-state index contributed by atoms with van der Waals surface area (Å²) in [5, 5.41) is 7.48. The van der Waals surface area contributed by atoms with E-state index in [0.717, 1.165) is 31.1 Å². The normalized spacial score (nSPS) is 10.9. The van der Waals surface area contributed by atoms with Crippen molar-refractivity contribution in [3.8, 4) is 0 Å². The maximum Gasteiger partial charge on any atom is 0.159 e. The third kappa shape index (κ3) is 3.86. The SMILES string of the molecule is CCCNCc1cnn(Cc2ccc(F)c(F)c2)c1. The Hall–Kier alpha value is -1.75. The predicted octanol–water partition coefficient (Wildman–Crippen LogP) is 2.71. The number of benzene rings is 1. The van der Waals surface area contributed by atoms with E-state index in [4.69, 9.17) is 0 Å². The molecule has 0 atom stereocenters. The lowest BCUT2D eigenvalue weighted by Crippen LogP contribution is -2.13. The zero-order valence-corrected chi connectivity index (χ0v) is 10.9. The average Bonchev–Trinajstić information content (AvgIpc) is 2.82. The minimum absolute atomic E-state index is 0.435. The quantitative estimate of drug-likeness (QED) is 0.814. The van der Waals surface area contributed by atoms with Gasteiger partial charge in [0.15, 0.2) is 11.6 Å². The Balaban J connectivity index is 1.97. The van der Waals surface area contributed by atoms with E-state index in [2.05, 4.69) is 17.3 Å². The zero-order chi connectivity index (χ0) is 13.7. The van der Waals surface area contributed by atoms with Gasteiger partial charge in [-0.1, -0.05) is 13.0 Å². The fourth-order valence-corrected chi connectivity index (χ4v) is 1.82. The van der Waals surface area contributed by atoms with Gasteiger partial charge in [0.2, 0.25) is 0 Å². The number of nitrogens with one attached hydrogen (secondary N) is 1. The summed E-state index contributed by atoms with van der Waals surface area (Å²) in [6.45, 7) is 4.28. The van der Waals surface area contributed by atoms with Crippen LogP contribution in [0.1, 0.15) is 24.5 Å². The second-order valence-corrected chi connectivity index (χ2v) is 4.47. The van der Waals surface area contributed by atoms with Crippen LogP contribution < -0.4 is 5.32 Å². The second kappa shape index (κ2) is 6.43. The third-order valence-electron chi connectivity index (χ3n) is 2.77. The van der Waals surface area contributed by atoms with Crippen molar-refractivity contribution in [1.29, 1.82) is 0 Å². The van der Waals surface area contributed by atoms with Gasteiger partial charge in [-0.05, 0) is 30.7 Å². The van der Waals surface area contributed by atoms with Crippen molar-refractivity contribution >= 4 is 0 Å². The predicted molar refractivity (Wildman–Crippen MR) is 69.7 cm³/mol. The van der Waals surface area contributed by atoms with E-state index >= 15 is 0 Å². The molecule has 0 spiro atoms. The molecule has 0 unspecified atom stereocenters. The van der Waals surface area contributed by atoms with Crippen LogP contribution in [0.4, 0.5) is 8.78 Å². The van der Waals surface area contributed by atoms with E-state index in [1.165, 1.54) is 6.07 Å². The number of rotatable bonds is 6. The van der Waals surface area contributed by atoms with Gasteiger partial charge >= 0.3 is 0 Å². The van der Waals surface area contributed by atoms with Gasteiger partial charge in [-0.3, -0.25) is 4.68 Å². The molecule has 0 amide bonds. The summed E-state index contributed by atoms with van der Waals surface area (Å²) in [6, 6.07) is 3.90. The van der Waals surface area contributed by atoms with Gasteiger partial charge in [0.05, 0.1) is 12.7 Å². The molecule has 0 aliphatic carbocycles. The molecular weight excluding hydrogens is 248 g/mol. The molecule has 3 nitrogen and oxygen atoms in total. The first-order valence-electron chi connectivity index (χ1n) is 6.35. The van der Waals surface area contributed by atoms with Crippen LogP contribution in [-0.4, -0.2) is 16.3 Å². The largest absolute Gasteiger partial charge is 0.313 e. The molecular formula is C14H17F2N3. The fourth-order valence-electron chi connectivity index (χ4n) is 1.82. The molecule has 1 aromatic carbocycles.